The average Bonchev–Trinajstić information content (AvgIpc) is 2.90. The summed E-state index contributed by atoms with van der Waals surface area (Å²) in [4.78, 5) is 13.3. The second-order valence-corrected chi connectivity index (χ2v) is 5.40. The van der Waals surface area contributed by atoms with Gasteiger partial charge in [-0.3, -0.25) is 0 Å². The number of fused-ring (bicyclic) bond motifs is 1. The molecule has 0 aromatic heterocycles. The Balaban J connectivity index is 1.79. The first-order valence-electron chi connectivity index (χ1n) is 7.50. The van der Waals surface area contributed by atoms with E-state index in [9.17, 15) is 4.79 Å². The van der Waals surface area contributed by atoms with E-state index in [2.05, 4.69) is 17.0 Å². The zero-order valence-electron chi connectivity index (χ0n) is 12.6. The van der Waals surface area contributed by atoms with Crippen LogP contribution in [0.5, 0.6) is 5.75 Å². The van der Waals surface area contributed by atoms with Gasteiger partial charge in [-0.1, -0.05) is 12.1 Å². The van der Waals surface area contributed by atoms with Crippen LogP contribution in [-0.4, -0.2) is 24.2 Å². The predicted molar refractivity (Wildman–Crippen MR) is 85.8 cm³/mol. The van der Waals surface area contributed by atoms with Crippen molar-refractivity contribution in [2.45, 2.75) is 19.9 Å². The first kappa shape index (κ1) is 14.4. The maximum absolute atomic E-state index is 11.1. The van der Waals surface area contributed by atoms with E-state index in [1.807, 2.05) is 19.1 Å². The lowest BCUT2D eigenvalue weighted by molar-refractivity contribution is 0.0696. The Morgan fingerprint density at radius 3 is 2.91 bits per heavy atom. The number of anilines is 1. The minimum atomic E-state index is -0.884. The van der Waals surface area contributed by atoms with E-state index in [0.717, 1.165) is 30.8 Å². The molecule has 0 spiro atoms. The van der Waals surface area contributed by atoms with Crippen molar-refractivity contribution in [1.29, 1.82) is 0 Å². The van der Waals surface area contributed by atoms with Gasteiger partial charge in [0.25, 0.3) is 0 Å². The highest BCUT2D eigenvalue weighted by Gasteiger charge is 2.20. The molecule has 22 heavy (non-hydrogen) atoms. The topological polar surface area (TPSA) is 49.8 Å². The SMILES string of the molecule is CCOc1ccc2c(c1)CCN2Cc1cccc(C(=O)O)c1. The smallest absolute Gasteiger partial charge is 0.335 e. The van der Waals surface area contributed by atoms with Crippen molar-refractivity contribution in [3.05, 3.63) is 59.2 Å². The van der Waals surface area contributed by atoms with Crippen molar-refractivity contribution in [3.63, 3.8) is 0 Å². The molecule has 0 fully saturated rings. The maximum atomic E-state index is 11.1. The number of aromatic carboxylic acids is 1. The van der Waals surface area contributed by atoms with Crippen molar-refractivity contribution in [1.82, 2.24) is 0 Å². The summed E-state index contributed by atoms with van der Waals surface area (Å²) < 4.78 is 5.54. The number of carboxylic acid groups (broad SMARTS) is 1. The molecule has 2 aromatic rings. The molecule has 0 amide bonds. The lowest BCUT2D eigenvalue weighted by Gasteiger charge is -2.20. The van der Waals surface area contributed by atoms with E-state index in [1.165, 1.54) is 11.3 Å². The molecule has 1 aliphatic heterocycles. The molecule has 0 aliphatic carbocycles. The molecule has 1 aliphatic rings. The zero-order valence-corrected chi connectivity index (χ0v) is 12.6. The summed E-state index contributed by atoms with van der Waals surface area (Å²) in [6.07, 6.45) is 0.995. The van der Waals surface area contributed by atoms with E-state index >= 15 is 0 Å². The summed E-state index contributed by atoms with van der Waals surface area (Å²) >= 11 is 0. The number of ether oxygens (including phenoxy) is 1. The fourth-order valence-electron chi connectivity index (χ4n) is 2.89. The molecule has 0 saturated carbocycles. The minimum Gasteiger partial charge on any atom is -0.494 e. The van der Waals surface area contributed by atoms with Gasteiger partial charge in [0.1, 0.15) is 5.75 Å². The Labute approximate surface area is 130 Å². The van der Waals surface area contributed by atoms with E-state index in [-0.39, 0.29) is 0 Å². The minimum absolute atomic E-state index is 0.337. The first-order valence-corrected chi connectivity index (χ1v) is 7.50. The van der Waals surface area contributed by atoms with Crippen LogP contribution >= 0.6 is 0 Å². The van der Waals surface area contributed by atoms with Gasteiger partial charge in [-0.15, -0.1) is 0 Å². The monoisotopic (exact) mass is 297 g/mol. The van der Waals surface area contributed by atoms with Crippen molar-refractivity contribution >= 4 is 11.7 Å². The number of rotatable bonds is 5. The molecule has 4 heteroatoms. The Bertz CT molecular complexity index is 696. The highest BCUT2D eigenvalue weighted by Crippen LogP contribution is 2.32. The summed E-state index contributed by atoms with van der Waals surface area (Å²) in [6, 6.07) is 13.3. The zero-order chi connectivity index (χ0) is 15.5. The number of carbonyl (C=O) groups is 1. The summed E-state index contributed by atoms with van der Waals surface area (Å²) in [5.41, 5.74) is 3.86. The molecule has 4 nitrogen and oxygen atoms in total. The summed E-state index contributed by atoms with van der Waals surface area (Å²) in [5, 5.41) is 9.08. The predicted octanol–water partition coefficient (Wildman–Crippen LogP) is 3.35. The van der Waals surface area contributed by atoms with Crippen LogP contribution in [0, 0.1) is 0 Å². The van der Waals surface area contributed by atoms with Crippen LogP contribution in [0.3, 0.4) is 0 Å². The third-order valence-electron chi connectivity index (χ3n) is 3.90. The van der Waals surface area contributed by atoms with Crippen LogP contribution in [-0.2, 0) is 13.0 Å². The number of benzene rings is 2. The molecule has 0 saturated heterocycles. The first-order chi connectivity index (χ1) is 10.7. The fourth-order valence-corrected chi connectivity index (χ4v) is 2.89. The van der Waals surface area contributed by atoms with Crippen LogP contribution in [0.2, 0.25) is 0 Å². The lowest BCUT2D eigenvalue weighted by atomic mass is 10.1. The van der Waals surface area contributed by atoms with Crippen LogP contribution < -0.4 is 9.64 Å². The summed E-state index contributed by atoms with van der Waals surface area (Å²) in [6.45, 7) is 4.32. The Morgan fingerprint density at radius 1 is 1.27 bits per heavy atom. The van der Waals surface area contributed by atoms with Crippen molar-refractivity contribution in [2.24, 2.45) is 0 Å². The average molecular weight is 297 g/mol. The third-order valence-corrected chi connectivity index (χ3v) is 3.90. The van der Waals surface area contributed by atoms with Crippen LogP contribution in [0.4, 0.5) is 5.69 Å². The van der Waals surface area contributed by atoms with Crippen molar-refractivity contribution in [3.8, 4) is 5.75 Å². The highest BCUT2D eigenvalue weighted by atomic mass is 16.5. The number of carboxylic acids is 1. The molecule has 2 aromatic carbocycles. The van der Waals surface area contributed by atoms with Crippen molar-refractivity contribution in [2.75, 3.05) is 18.1 Å². The van der Waals surface area contributed by atoms with Gasteiger partial charge >= 0.3 is 5.97 Å². The standard InChI is InChI=1S/C18H19NO3/c1-2-22-16-6-7-17-14(11-16)8-9-19(17)12-13-4-3-5-15(10-13)18(20)21/h3-7,10-11H,2,8-9,12H2,1H3,(H,20,21). The second-order valence-electron chi connectivity index (χ2n) is 5.40. The van der Waals surface area contributed by atoms with Crippen molar-refractivity contribution < 1.29 is 14.6 Å². The number of nitrogens with zero attached hydrogens (tertiary/aromatic N) is 1. The molecule has 0 unspecified atom stereocenters. The highest BCUT2D eigenvalue weighted by molar-refractivity contribution is 5.87. The van der Waals surface area contributed by atoms with Gasteiger partial charge in [-0.25, -0.2) is 4.79 Å². The molecule has 3 rings (SSSR count). The van der Waals surface area contributed by atoms with Crippen LogP contribution in [0.25, 0.3) is 0 Å². The molecule has 1 heterocycles. The Morgan fingerprint density at radius 2 is 2.14 bits per heavy atom. The lowest BCUT2D eigenvalue weighted by Crippen LogP contribution is -2.19. The van der Waals surface area contributed by atoms with Gasteiger partial charge in [-0.05, 0) is 54.8 Å². The summed E-state index contributed by atoms with van der Waals surface area (Å²) in [5.74, 6) is 0.0287. The molecular formula is C18H19NO3. The second kappa shape index (κ2) is 6.10. The summed E-state index contributed by atoms with van der Waals surface area (Å²) in [7, 11) is 0. The van der Waals surface area contributed by atoms with E-state index in [4.69, 9.17) is 9.84 Å². The Hall–Kier alpha value is -2.49. The molecule has 0 radical (unpaired) electrons. The van der Waals surface area contributed by atoms with E-state index in [1.54, 1.807) is 18.2 Å². The van der Waals surface area contributed by atoms with Gasteiger partial charge in [-0.2, -0.15) is 0 Å². The van der Waals surface area contributed by atoms with Crippen LogP contribution in [0.1, 0.15) is 28.4 Å². The normalized spacial score (nSPS) is 13.0. The van der Waals surface area contributed by atoms with Gasteiger partial charge in [0, 0.05) is 18.8 Å². The molecule has 114 valence electrons. The van der Waals surface area contributed by atoms with Gasteiger partial charge in [0.15, 0.2) is 0 Å². The van der Waals surface area contributed by atoms with E-state index < -0.39 is 5.97 Å². The fraction of sp³-hybridized carbons (Fsp3) is 0.278. The molecule has 0 bridgehead atoms. The maximum Gasteiger partial charge on any atom is 0.335 e. The van der Waals surface area contributed by atoms with Gasteiger partial charge in [0.2, 0.25) is 0 Å². The van der Waals surface area contributed by atoms with Crippen LogP contribution in [0.15, 0.2) is 42.5 Å². The number of hydrogen-bond donors (Lipinski definition) is 1. The van der Waals surface area contributed by atoms with Gasteiger partial charge in [0.05, 0.1) is 12.2 Å². The largest absolute Gasteiger partial charge is 0.494 e. The molecular weight excluding hydrogens is 278 g/mol. The quantitative estimate of drug-likeness (QED) is 0.919. The molecule has 0 atom stereocenters. The van der Waals surface area contributed by atoms with Gasteiger partial charge < -0.3 is 14.7 Å². The third kappa shape index (κ3) is 2.91. The number of hydrogen-bond acceptors (Lipinski definition) is 3. The Kier molecular flexibility index (Phi) is 4.00. The van der Waals surface area contributed by atoms with E-state index in [0.29, 0.717) is 12.2 Å². The molecule has 1 N–H and O–H groups in total.